The number of hydrogen-bond acceptors (Lipinski definition) is 2. The molecule has 170 valence electrons. The van der Waals surface area contributed by atoms with Gasteiger partial charge in [-0.2, -0.15) is 0 Å². The molecule has 29 heavy (non-hydrogen) atoms. The Hall–Kier alpha value is 0.00688. The number of esters is 1. The lowest BCUT2D eigenvalue weighted by atomic mass is 10.0. The second-order valence-electron chi connectivity index (χ2n) is 7.99. The van der Waals surface area contributed by atoms with Gasteiger partial charge in [0.05, 0.1) is 20.6 Å². The number of alkyl halides is 2. The van der Waals surface area contributed by atoms with Crippen molar-refractivity contribution in [2.75, 3.05) is 6.61 Å². The summed E-state index contributed by atoms with van der Waals surface area (Å²) in [5.41, 5.74) is 0. The summed E-state index contributed by atoms with van der Waals surface area (Å²) in [6.07, 6.45) is 25.4. The predicted octanol–water partition coefficient (Wildman–Crippen LogP) is 8.62. The van der Waals surface area contributed by atoms with Crippen LogP contribution in [0.4, 0.5) is 0 Å². The van der Waals surface area contributed by atoms with Gasteiger partial charge in [0.15, 0.2) is 0 Å². The second-order valence-corrected chi connectivity index (χ2v) is 11.3. The summed E-state index contributed by atoms with van der Waals surface area (Å²) in [5, 5.41) is 0. The molecule has 2 nitrogen and oxygen atoms in total. The number of unbranched alkanes of at least 4 members (excludes halogenated alkanes) is 17. The van der Waals surface area contributed by atoms with Crippen LogP contribution in [0.3, 0.4) is 0 Å². The Morgan fingerprint density at radius 3 is 1.38 bits per heavy atom. The smallest absolute Gasteiger partial charge is 0.330 e. The maximum Gasteiger partial charge on any atom is 0.330 e. The zero-order valence-corrected chi connectivity index (χ0v) is 21.1. The molecule has 0 N–H and O–H groups in total. The minimum atomic E-state index is -0.305. The summed E-state index contributed by atoms with van der Waals surface area (Å²) in [5.74, 6) is -0.305. The van der Waals surface area contributed by atoms with Crippen LogP contribution in [-0.4, -0.2) is 26.6 Å². The molecule has 0 saturated carbocycles. The second kappa shape index (κ2) is 24.3. The largest absolute Gasteiger partial charge is 0.463 e. The molecule has 0 saturated heterocycles. The van der Waals surface area contributed by atoms with Crippen LogP contribution in [-0.2, 0) is 9.53 Å². The molecular weight excluding hydrogens is 419 g/mol. The summed E-state index contributed by atoms with van der Waals surface area (Å²) >= 11 is 11.5. The van der Waals surface area contributed by atoms with Gasteiger partial charge in [-0.25, -0.2) is 4.79 Å². The van der Waals surface area contributed by atoms with Crippen LogP contribution < -0.4 is 0 Å². The number of ether oxygens (including phenoxy) is 1. The van der Waals surface area contributed by atoms with Crippen molar-refractivity contribution in [1.29, 1.82) is 0 Å². The van der Waals surface area contributed by atoms with Gasteiger partial charge in [0.1, 0.15) is 0 Å². The molecule has 0 fully saturated rings. The summed E-state index contributed by atoms with van der Waals surface area (Å²) in [4.78, 5) is 10.9. The number of carbonyl (C=O) groups excluding carboxylic acids is 1. The van der Waals surface area contributed by atoms with Crippen molar-refractivity contribution in [3.05, 3.63) is 12.7 Å². The first-order valence-electron chi connectivity index (χ1n) is 12.0. The molecule has 0 heterocycles. The van der Waals surface area contributed by atoms with Crippen molar-refractivity contribution in [3.63, 3.8) is 0 Å². The van der Waals surface area contributed by atoms with Crippen LogP contribution in [0, 0.1) is 0 Å². The van der Waals surface area contributed by atoms with Gasteiger partial charge in [0, 0.05) is 6.08 Å². The fourth-order valence-electron chi connectivity index (χ4n) is 3.50. The van der Waals surface area contributed by atoms with Gasteiger partial charge < -0.3 is 4.74 Å². The fourth-order valence-corrected chi connectivity index (χ4v) is 4.83. The van der Waals surface area contributed by atoms with Crippen molar-refractivity contribution in [1.82, 2.24) is 0 Å². The maximum absolute atomic E-state index is 10.9. The van der Waals surface area contributed by atoms with Crippen LogP contribution in [0.25, 0.3) is 0 Å². The Bertz CT molecular complexity index is 365. The molecule has 0 aromatic rings. The summed E-state index contributed by atoms with van der Waals surface area (Å²) < 4.78 is 4.83. The van der Waals surface area contributed by atoms with Gasteiger partial charge >= 0.3 is 5.97 Å². The predicted molar refractivity (Wildman–Crippen MR) is 130 cm³/mol. The molecule has 5 heteroatoms. The topological polar surface area (TPSA) is 26.3 Å². The van der Waals surface area contributed by atoms with E-state index in [1.165, 1.54) is 115 Å². The van der Waals surface area contributed by atoms with E-state index in [0.29, 0.717) is 16.1 Å². The third-order valence-corrected chi connectivity index (χ3v) is 7.16. The van der Waals surface area contributed by atoms with Gasteiger partial charge in [-0.05, 0) is 6.42 Å². The number of carbonyl (C=O) groups is 1. The molecule has 0 unspecified atom stereocenters. The zero-order chi connectivity index (χ0) is 21.4. The fraction of sp³-hybridized carbons (Fsp3) is 0.875. The van der Waals surface area contributed by atoms with Crippen molar-refractivity contribution in [2.45, 2.75) is 126 Å². The summed E-state index contributed by atoms with van der Waals surface area (Å²) in [7, 11) is 0.713. The Labute approximate surface area is 193 Å². The molecule has 0 aromatic heterocycles. The molecule has 0 aliphatic heterocycles. The average molecular weight is 464 g/mol. The standard InChI is InChI=1S/C24H44Cl2O2Si/c1-2-23(27)28-21-19-17-15-13-11-9-7-5-3-4-6-8-10-12-14-16-18-20-22-29-24(25)26/h2,24H,1,3-22H2. The molecule has 0 aliphatic carbocycles. The van der Waals surface area contributed by atoms with Crippen LogP contribution in [0.15, 0.2) is 12.7 Å². The van der Waals surface area contributed by atoms with Crippen molar-refractivity contribution >= 4 is 38.7 Å². The van der Waals surface area contributed by atoms with E-state index in [-0.39, 0.29) is 10.4 Å². The quantitative estimate of drug-likeness (QED) is 0.0498. The minimum Gasteiger partial charge on any atom is -0.463 e. The Balaban J connectivity index is 3.03. The van der Waals surface area contributed by atoms with Gasteiger partial charge in [0.25, 0.3) is 0 Å². The van der Waals surface area contributed by atoms with Gasteiger partial charge in [-0.3, -0.25) is 0 Å². The maximum atomic E-state index is 10.9. The average Bonchev–Trinajstić information content (AvgIpc) is 2.71. The summed E-state index contributed by atoms with van der Waals surface area (Å²) in [6.45, 7) is 3.93. The van der Waals surface area contributed by atoms with E-state index in [1.807, 2.05) is 0 Å². The van der Waals surface area contributed by atoms with E-state index in [9.17, 15) is 4.79 Å². The van der Waals surface area contributed by atoms with Gasteiger partial charge in [-0.15, -0.1) is 23.2 Å². The highest BCUT2D eigenvalue weighted by Gasteiger charge is 2.00. The molecule has 0 aromatic carbocycles. The van der Waals surface area contributed by atoms with Gasteiger partial charge in [-0.1, -0.05) is 122 Å². The Morgan fingerprint density at radius 2 is 1.03 bits per heavy atom. The van der Waals surface area contributed by atoms with E-state index in [1.54, 1.807) is 0 Å². The lowest BCUT2D eigenvalue weighted by Crippen LogP contribution is -2.01. The highest BCUT2D eigenvalue weighted by Crippen LogP contribution is 2.15. The molecule has 0 amide bonds. The normalized spacial score (nSPS) is 11.1. The first kappa shape index (κ1) is 29.0. The van der Waals surface area contributed by atoms with E-state index in [0.717, 1.165) is 12.8 Å². The van der Waals surface area contributed by atoms with Crippen LogP contribution in [0.1, 0.15) is 116 Å². The first-order valence-corrected chi connectivity index (χ1v) is 14.1. The molecule has 0 spiro atoms. The molecule has 0 aliphatic rings. The van der Waals surface area contributed by atoms with Crippen molar-refractivity contribution in [2.24, 2.45) is 0 Å². The Morgan fingerprint density at radius 1 is 0.690 bits per heavy atom. The molecule has 0 atom stereocenters. The Kier molecular flexibility index (Phi) is 24.3. The van der Waals surface area contributed by atoms with Gasteiger partial charge in [0.2, 0.25) is 0 Å². The molecular formula is C24H44Cl2O2Si. The third-order valence-electron chi connectivity index (χ3n) is 5.28. The molecule has 0 bridgehead atoms. The lowest BCUT2D eigenvalue weighted by molar-refractivity contribution is -0.137. The highest BCUT2D eigenvalue weighted by atomic mass is 35.5. The van der Waals surface area contributed by atoms with Crippen LogP contribution >= 0.6 is 23.2 Å². The number of hydrogen-bond donors (Lipinski definition) is 0. The van der Waals surface area contributed by atoms with Crippen molar-refractivity contribution in [3.8, 4) is 0 Å². The summed E-state index contributed by atoms with van der Waals surface area (Å²) in [6, 6.07) is 1.20. The van der Waals surface area contributed by atoms with E-state index in [4.69, 9.17) is 27.9 Å². The minimum absolute atomic E-state index is 0.145. The lowest BCUT2D eigenvalue weighted by Gasteiger charge is -2.04. The van der Waals surface area contributed by atoms with E-state index >= 15 is 0 Å². The monoisotopic (exact) mass is 462 g/mol. The van der Waals surface area contributed by atoms with Crippen molar-refractivity contribution < 1.29 is 9.53 Å². The van der Waals surface area contributed by atoms with E-state index in [2.05, 4.69) is 6.58 Å². The zero-order valence-electron chi connectivity index (χ0n) is 18.6. The number of halogens is 2. The first-order chi connectivity index (χ1) is 14.2. The van der Waals surface area contributed by atoms with Crippen LogP contribution in [0.2, 0.25) is 6.04 Å². The van der Waals surface area contributed by atoms with E-state index < -0.39 is 0 Å². The molecule has 0 rings (SSSR count). The SMILES string of the molecule is C=CC(=O)OCCCCCCCCCCCCCCCCCCCC[Si]C(Cl)Cl. The molecule has 2 radical (unpaired) electrons. The highest BCUT2D eigenvalue weighted by molar-refractivity contribution is 6.68. The number of rotatable bonds is 23. The third kappa shape index (κ3) is 26.0. The van der Waals surface area contributed by atoms with Crippen LogP contribution in [0.5, 0.6) is 0 Å².